The molecule has 2 rings (SSSR count). The number of anilines is 1. The van der Waals surface area contributed by atoms with Gasteiger partial charge in [-0.15, -0.1) is 0 Å². The molecule has 1 aliphatic heterocycles. The van der Waals surface area contributed by atoms with Crippen molar-refractivity contribution in [1.82, 2.24) is 9.80 Å². The second kappa shape index (κ2) is 7.05. The summed E-state index contributed by atoms with van der Waals surface area (Å²) in [5.74, 6) is -0.332. The molecule has 0 bridgehead atoms. The normalized spacial score (nSPS) is 15.2. The van der Waals surface area contributed by atoms with Crippen LogP contribution in [0.1, 0.15) is 12.5 Å². The van der Waals surface area contributed by atoms with Crippen molar-refractivity contribution in [3.8, 4) is 6.07 Å². The van der Waals surface area contributed by atoms with E-state index in [1.807, 2.05) is 7.05 Å². The minimum absolute atomic E-state index is 0.0300. The van der Waals surface area contributed by atoms with Crippen molar-refractivity contribution < 1.29 is 9.59 Å². The van der Waals surface area contributed by atoms with Crippen molar-refractivity contribution in [2.75, 3.05) is 44.7 Å². The summed E-state index contributed by atoms with van der Waals surface area (Å²) in [6.45, 7) is 4.38. The molecule has 1 aromatic carbocycles. The highest BCUT2D eigenvalue weighted by Gasteiger charge is 2.24. The maximum absolute atomic E-state index is 12.4. The van der Waals surface area contributed by atoms with Crippen molar-refractivity contribution in [3.05, 3.63) is 29.8 Å². The molecule has 116 valence electrons. The van der Waals surface area contributed by atoms with Crippen LogP contribution in [0.25, 0.3) is 0 Å². The molecule has 1 aliphatic rings. The average molecular weight is 300 g/mol. The third-order valence-electron chi connectivity index (χ3n) is 3.84. The third-order valence-corrected chi connectivity index (χ3v) is 3.84. The molecular weight excluding hydrogens is 280 g/mol. The van der Waals surface area contributed by atoms with Crippen LogP contribution >= 0.6 is 0 Å². The summed E-state index contributed by atoms with van der Waals surface area (Å²) >= 11 is 0. The van der Waals surface area contributed by atoms with E-state index in [1.165, 1.54) is 11.8 Å². The Labute approximate surface area is 130 Å². The molecule has 0 N–H and O–H groups in total. The second-order valence-corrected chi connectivity index (χ2v) is 5.42. The van der Waals surface area contributed by atoms with Crippen LogP contribution in [-0.4, -0.2) is 61.4 Å². The lowest BCUT2D eigenvalue weighted by Gasteiger charge is -2.34. The predicted octanol–water partition coefficient (Wildman–Crippen LogP) is 0.685. The summed E-state index contributed by atoms with van der Waals surface area (Å²) < 4.78 is 0. The highest BCUT2D eigenvalue weighted by molar-refractivity contribution is 5.98. The van der Waals surface area contributed by atoms with E-state index in [1.54, 1.807) is 29.2 Å². The molecule has 0 atom stereocenters. The number of piperazine rings is 1. The molecule has 6 heteroatoms. The first-order valence-corrected chi connectivity index (χ1v) is 7.26. The van der Waals surface area contributed by atoms with E-state index >= 15 is 0 Å². The van der Waals surface area contributed by atoms with E-state index in [4.69, 9.17) is 0 Å². The fourth-order valence-electron chi connectivity index (χ4n) is 2.46. The molecule has 1 saturated heterocycles. The predicted molar refractivity (Wildman–Crippen MR) is 83.3 cm³/mol. The Kier molecular flexibility index (Phi) is 5.12. The van der Waals surface area contributed by atoms with Crippen LogP contribution in [0.3, 0.4) is 0 Å². The number of para-hydroxylation sites is 1. The molecule has 0 spiro atoms. The van der Waals surface area contributed by atoms with Gasteiger partial charge < -0.3 is 14.7 Å². The van der Waals surface area contributed by atoms with Crippen LogP contribution in [0.15, 0.2) is 24.3 Å². The lowest BCUT2D eigenvalue weighted by Crippen LogP contribution is -2.50. The molecule has 0 unspecified atom stereocenters. The summed E-state index contributed by atoms with van der Waals surface area (Å²) in [4.78, 5) is 29.7. The number of amides is 2. The first-order chi connectivity index (χ1) is 10.5. The zero-order valence-corrected chi connectivity index (χ0v) is 13.0. The summed E-state index contributed by atoms with van der Waals surface area (Å²) in [6.07, 6.45) is 0. The minimum Gasteiger partial charge on any atom is -0.339 e. The van der Waals surface area contributed by atoms with Gasteiger partial charge in [-0.1, -0.05) is 12.1 Å². The molecule has 0 radical (unpaired) electrons. The first-order valence-electron chi connectivity index (χ1n) is 7.26. The van der Waals surface area contributed by atoms with E-state index in [-0.39, 0.29) is 18.4 Å². The van der Waals surface area contributed by atoms with Crippen LogP contribution in [0.2, 0.25) is 0 Å². The molecule has 1 fully saturated rings. The van der Waals surface area contributed by atoms with E-state index in [9.17, 15) is 14.9 Å². The molecule has 2 amide bonds. The Bertz CT molecular complexity index is 600. The number of nitrogens with zero attached hydrogens (tertiary/aromatic N) is 4. The topological polar surface area (TPSA) is 67.7 Å². The van der Waals surface area contributed by atoms with Crippen LogP contribution in [0, 0.1) is 11.3 Å². The van der Waals surface area contributed by atoms with Crippen LogP contribution in [0.5, 0.6) is 0 Å². The van der Waals surface area contributed by atoms with E-state index in [0.29, 0.717) is 24.3 Å². The SMILES string of the molecule is CC(=O)N(CC(=O)N1CCN(C)CC1)c1ccccc1C#N. The van der Waals surface area contributed by atoms with Gasteiger partial charge in [0.2, 0.25) is 11.8 Å². The zero-order valence-electron chi connectivity index (χ0n) is 13.0. The fraction of sp³-hybridized carbons (Fsp3) is 0.438. The Morgan fingerprint density at radius 3 is 2.45 bits per heavy atom. The molecular formula is C16H20N4O2. The Hall–Kier alpha value is -2.39. The third kappa shape index (κ3) is 3.62. The summed E-state index contributed by atoms with van der Waals surface area (Å²) in [5, 5.41) is 9.17. The molecule has 0 aliphatic carbocycles. The van der Waals surface area contributed by atoms with Crippen LogP contribution < -0.4 is 4.90 Å². The van der Waals surface area contributed by atoms with Gasteiger partial charge in [-0.05, 0) is 19.2 Å². The first kappa shape index (κ1) is 16.0. The van der Waals surface area contributed by atoms with E-state index in [2.05, 4.69) is 11.0 Å². The van der Waals surface area contributed by atoms with Gasteiger partial charge in [0.1, 0.15) is 12.6 Å². The molecule has 0 saturated carbocycles. The largest absolute Gasteiger partial charge is 0.339 e. The zero-order chi connectivity index (χ0) is 16.1. The number of rotatable bonds is 3. The van der Waals surface area contributed by atoms with Gasteiger partial charge in [0.15, 0.2) is 0 Å². The van der Waals surface area contributed by atoms with Gasteiger partial charge >= 0.3 is 0 Å². The lowest BCUT2D eigenvalue weighted by molar-refractivity contribution is -0.132. The summed E-state index contributed by atoms with van der Waals surface area (Å²) in [6, 6.07) is 8.90. The molecule has 0 aromatic heterocycles. The smallest absolute Gasteiger partial charge is 0.242 e. The van der Waals surface area contributed by atoms with Crippen molar-refractivity contribution in [2.24, 2.45) is 0 Å². The van der Waals surface area contributed by atoms with Crippen molar-refractivity contribution in [3.63, 3.8) is 0 Å². The standard InChI is InChI=1S/C16H20N4O2/c1-13(21)20(15-6-4-3-5-14(15)11-17)12-16(22)19-9-7-18(2)8-10-19/h3-6H,7-10,12H2,1-2H3. The van der Waals surface area contributed by atoms with Gasteiger partial charge in [0, 0.05) is 33.1 Å². The number of hydrogen-bond acceptors (Lipinski definition) is 4. The molecule has 22 heavy (non-hydrogen) atoms. The Morgan fingerprint density at radius 2 is 1.86 bits per heavy atom. The minimum atomic E-state index is -0.245. The average Bonchev–Trinajstić information content (AvgIpc) is 2.52. The van der Waals surface area contributed by atoms with Gasteiger partial charge in [0.05, 0.1) is 11.3 Å². The lowest BCUT2D eigenvalue weighted by atomic mass is 10.1. The van der Waals surface area contributed by atoms with E-state index in [0.717, 1.165) is 13.1 Å². The fourth-order valence-corrected chi connectivity index (χ4v) is 2.46. The number of hydrogen-bond donors (Lipinski definition) is 0. The van der Waals surface area contributed by atoms with Crippen molar-refractivity contribution >= 4 is 17.5 Å². The van der Waals surface area contributed by atoms with Gasteiger partial charge in [-0.2, -0.15) is 5.26 Å². The molecule has 6 nitrogen and oxygen atoms in total. The van der Waals surface area contributed by atoms with E-state index < -0.39 is 0 Å². The summed E-state index contributed by atoms with van der Waals surface area (Å²) in [7, 11) is 2.02. The number of benzene rings is 1. The highest BCUT2D eigenvalue weighted by atomic mass is 16.2. The van der Waals surface area contributed by atoms with Crippen molar-refractivity contribution in [2.45, 2.75) is 6.92 Å². The number of nitriles is 1. The summed E-state index contributed by atoms with van der Waals surface area (Å²) in [5.41, 5.74) is 0.879. The maximum Gasteiger partial charge on any atom is 0.242 e. The van der Waals surface area contributed by atoms with Crippen LogP contribution in [-0.2, 0) is 9.59 Å². The molecule has 1 heterocycles. The quantitative estimate of drug-likeness (QED) is 0.823. The Balaban J connectivity index is 2.14. The number of likely N-dealkylation sites (N-methyl/N-ethyl adjacent to an activating group) is 1. The van der Waals surface area contributed by atoms with Gasteiger partial charge in [-0.25, -0.2) is 0 Å². The molecule has 1 aromatic rings. The Morgan fingerprint density at radius 1 is 1.23 bits per heavy atom. The van der Waals surface area contributed by atoms with Crippen LogP contribution in [0.4, 0.5) is 5.69 Å². The number of carbonyl (C=O) groups excluding carboxylic acids is 2. The maximum atomic E-state index is 12.4. The van der Waals surface area contributed by atoms with Gasteiger partial charge in [-0.3, -0.25) is 9.59 Å². The van der Waals surface area contributed by atoms with Crippen molar-refractivity contribution in [1.29, 1.82) is 5.26 Å². The van der Waals surface area contributed by atoms with Gasteiger partial charge in [0.25, 0.3) is 0 Å². The number of carbonyl (C=O) groups is 2. The monoisotopic (exact) mass is 300 g/mol. The highest BCUT2D eigenvalue weighted by Crippen LogP contribution is 2.20. The second-order valence-electron chi connectivity index (χ2n) is 5.42.